The summed E-state index contributed by atoms with van der Waals surface area (Å²) in [5.74, 6) is -0.305. The van der Waals surface area contributed by atoms with Crippen LogP contribution in [-0.4, -0.2) is 43.5 Å². The molecule has 0 fully saturated rings. The van der Waals surface area contributed by atoms with Gasteiger partial charge in [-0.15, -0.1) is 0 Å². The number of rotatable bonds is 12. The fourth-order valence-corrected chi connectivity index (χ4v) is 3.62. The first-order valence-electron chi connectivity index (χ1n) is 10.3. The van der Waals surface area contributed by atoms with E-state index in [1.165, 1.54) is 0 Å². The van der Waals surface area contributed by atoms with Gasteiger partial charge in [-0.1, -0.05) is 48.0 Å². The Labute approximate surface area is 184 Å². The fraction of sp³-hybridized carbons (Fsp3) is 0.458. The van der Waals surface area contributed by atoms with Gasteiger partial charge in [0.2, 0.25) is 0 Å². The largest absolute Gasteiger partial charge is 0.466 e. The molecule has 0 saturated heterocycles. The van der Waals surface area contributed by atoms with Crippen LogP contribution in [0.5, 0.6) is 0 Å². The molecule has 2 atom stereocenters. The summed E-state index contributed by atoms with van der Waals surface area (Å²) in [5.41, 5.74) is 8.82. The van der Waals surface area contributed by atoms with Crippen LogP contribution in [0.1, 0.15) is 32.3 Å². The second kappa shape index (κ2) is 12.1. The van der Waals surface area contributed by atoms with E-state index in [0.717, 1.165) is 16.7 Å². The van der Waals surface area contributed by atoms with Crippen LogP contribution in [0.2, 0.25) is 5.02 Å². The van der Waals surface area contributed by atoms with Crippen molar-refractivity contribution in [1.82, 2.24) is 0 Å². The van der Waals surface area contributed by atoms with E-state index in [1.807, 2.05) is 31.2 Å². The number of halogens is 1. The SMILES string of the molecule is CCOC(=O)C(C)(COCCCO)CC(N)Cc1ccc(-c2cccc(Cl)c2)cc1. The average Bonchev–Trinajstić information content (AvgIpc) is 2.72. The lowest BCUT2D eigenvalue weighted by Crippen LogP contribution is -2.41. The Bertz CT molecular complexity index is 796. The van der Waals surface area contributed by atoms with Crippen LogP contribution in [0, 0.1) is 5.41 Å². The highest BCUT2D eigenvalue weighted by Gasteiger charge is 2.37. The van der Waals surface area contributed by atoms with Gasteiger partial charge in [0.15, 0.2) is 0 Å². The molecule has 0 aliphatic carbocycles. The Kier molecular flexibility index (Phi) is 9.79. The van der Waals surface area contributed by atoms with Gasteiger partial charge in [0, 0.05) is 24.3 Å². The number of ether oxygens (including phenoxy) is 2. The maximum atomic E-state index is 12.5. The van der Waals surface area contributed by atoms with E-state index in [-0.39, 0.29) is 25.2 Å². The van der Waals surface area contributed by atoms with Crippen molar-refractivity contribution >= 4 is 17.6 Å². The number of nitrogens with two attached hydrogens (primary N) is 1. The highest BCUT2D eigenvalue weighted by atomic mass is 35.5. The number of hydrogen-bond acceptors (Lipinski definition) is 5. The van der Waals surface area contributed by atoms with Crippen molar-refractivity contribution in [2.45, 2.75) is 39.2 Å². The first-order valence-corrected chi connectivity index (χ1v) is 10.7. The lowest BCUT2D eigenvalue weighted by Gasteiger charge is -2.29. The quantitative estimate of drug-likeness (QED) is 0.386. The molecule has 2 aromatic rings. The number of hydrogen-bond donors (Lipinski definition) is 2. The molecule has 2 unspecified atom stereocenters. The molecule has 0 amide bonds. The van der Waals surface area contributed by atoms with Crippen molar-refractivity contribution in [2.75, 3.05) is 26.4 Å². The first-order chi connectivity index (χ1) is 14.4. The lowest BCUT2D eigenvalue weighted by atomic mass is 9.82. The van der Waals surface area contributed by atoms with Gasteiger partial charge in [-0.2, -0.15) is 0 Å². The Morgan fingerprint density at radius 3 is 2.57 bits per heavy atom. The van der Waals surface area contributed by atoms with Crippen molar-refractivity contribution in [1.29, 1.82) is 0 Å². The van der Waals surface area contributed by atoms with E-state index in [4.69, 9.17) is 31.9 Å². The highest BCUT2D eigenvalue weighted by Crippen LogP contribution is 2.28. The third-order valence-electron chi connectivity index (χ3n) is 4.96. The molecule has 5 nitrogen and oxygen atoms in total. The summed E-state index contributed by atoms with van der Waals surface area (Å²) in [6.07, 6.45) is 1.62. The van der Waals surface area contributed by atoms with Gasteiger partial charge in [0.1, 0.15) is 0 Å². The summed E-state index contributed by atoms with van der Waals surface area (Å²) < 4.78 is 10.9. The molecule has 0 aromatic heterocycles. The first kappa shape index (κ1) is 24.4. The minimum absolute atomic E-state index is 0.0564. The summed E-state index contributed by atoms with van der Waals surface area (Å²) >= 11 is 6.08. The van der Waals surface area contributed by atoms with Crippen LogP contribution in [0.3, 0.4) is 0 Å². The number of carbonyl (C=O) groups is 1. The molecule has 0 radical (unpaired) electrons. The van der Waals surface area contributed by atoms with Crippen LogP contribution in [-0.2, 0) is 20.7 Å². The van der Waals surface area contributed by atoms with Gasteiger partial charge in [-0.25, -0.2) is 0 Å². The van der Waals surface area contributed by atoms with Crippen LogP contribution in [0.15, 0.2) is 48.5 Å². The molecule has 0 aliphatic rings. The smallest absolute Gasteiger partial charge is 0.314 e. The van der Waals surface area contributed by atoms with Gasteiger partial charge in [0.25, 0.3) is 0 Å². The van der Waals surface area contributed by atoms with Crippen LogP contribution < -0.4 is 5.73 Å². The molecular formula is C24H32ClNO4. The topological polar surface area (TPSA) is 81.8 Å². The standard InChI is InChI=1S/C24H32ClNO4/c1-3-30-23(28)24(2,17-29-13-5-12-27)16-22(26)14-18-8-10-19(11-9-18)20-6-4-7-21(25)15-20/h4,6-11,15,22,27H,3,5,12-14,16-17,26H2,1-2H3. The van der Waals surface area contributed by atoms with Gasteiger partial charge in [-0.05, 0) is 61.9 Å². The van der Waals surface area contributed by atoms with Crippen LogP contribution in [0.4, 0.5) is 0 Å². The molecule has 164 valence electrons. The van der Waals surface area contributed by atoms with E-state index in [9.17, 15) is 4.79 Å². The van der Waals surface area contributed by atoms with E-state index >= 15 is 0 Å². The predicted molar refractivity (Wildman–Crippen MR) is 120 cm³/mol. The molecule has 0 spiro atoms. The minimum Gasteiger partial charge on any atom is -0.466 e. The Balaban J connectivity index is 2.01. The summed E-state index contributed by atoms with van der Waals surface area (Å²) in [4.78, 5) is 12.5. The van der Waals surface area contributed by atoms with Crippen LogP contribution >= 0.6 is 11.6 Å². The van der Waals surface area contributed by atoms with Gasteiger partial charge in [-0.3, -0.25) is 4.79 Å². The number of carbonyl (C=O) groups excluding carboxylic acids is 1. The third kappa shape index (κ3) is 7.40. The van der Waals surface area contributed by atoms with Crippen molar-refractivity contribution in [3.63, 3.8) is 0 Å². The fourth-order valence-electron chi connectivity index (χ4n) is 3.43. The molecule has 0 heterocycles. The summed E-state index contributed by atoms with van der Waals surface area (Å²) in [7, 11) is 0. The van der Waals surface area contributed by atoms with E-state index < -0.39 is 5.41 Å². The zero-order valence-electron chi connectivity index (χ0n) is 17.8. The van der Waals surface area contributed by atoms with Gasteiger partial charge < -0.3 is 20.3 Å². The van der Waals surface area contributed by atoms with Gasteiger partial charge in [0.05, 0.1) is 18.6 Å². The minimum atomic E-state index is -0.828. The molecule has 6 heteroatoms. The van der Waals surface area contributed by atoms with E-state index in [2.05, 4.69) is 24.3 Å². The molecule has 0 bridgehead atoms. The number of benzene rings is 2. The van der Waals surface area contributed by atoms with E-state index in [1.54, 1.807) is 6.92 Å². The maximum absolute atomic E-state index is 12.5. The molecule has 2 aromatic carbocycles. The van der Waals surface area contributed by atoms with Crippen LogP contribution in [0.25, 0.3) is 11.1 Å². The third-order valence-corrected chi connectivity index (χ3v) is 5.19. The maximum Gasteiger partial charge on any atom is 0.314 e. The number of aliphatic hydroxyl groups excluding tert-OH is 1. The molecule has 0 saturated carbocycles. The summed E-state index contributed by atoms with van der Waals surface area (Å²) in [5, 5.41) is 9.61. The molecule has 30 heavy (non-hydrogen) atoms. The molecular weight excluding hydrogens is 402 g/mol. The van der Waals surface area contributed by atoms with Crippen molar-refractivity contribution in [3.8, 4) is 11.1 Å². The Hall–Kier alpha value is -1.92. The van der Waals surface area contributed by atoms with Gasteiger partial charge >= 0.3 is 5.97 Å². The normalized spacial score (nSPS) is 14.2. The average molecular weight is 434 g/mol. The second-order valence-electron chi connectivity index (χ2n) is 7.79. The Morgan fingerprint density at radius 1 is 1.20 bits per heavy atom. The Morgan fingerprint density at radius 2 is 1.93 bits per heavy atom. The van der Waals surface area contributed by atoms with Crippen molar-refractivity contribution in [2.24, 2.45) is 11.1 Å². The van der Waals surface area contributed by atoms with Crippen molar-refractivity contribution < 1.29 is 19.4 Å². The second-order valence-corrected chi connectivity index (χ2v) is 8.22. The van der Waals surface area contributed by atoms with Crippen molar-refractivity contribution in [3.05, 3.63) is 59.1 Å². The lowest BCUT2D eigenvalue weighted by molar-refractivity contribution is -0.159. The zero-order chi connectivity index (χ0) is 22.0. The summed E-state index contributed by atoms with van der Waals surface area (Å²) in [6.45, 7) is 4.59. The predicted octanol–water partition coefficient (Wildman–Crippen LogP) is 4.24. The summed E-state index contributed by atoms with van der Waals surface area (Å²) in [6, 6.07) is 15.7. The monoisotopic (exact) mass is 433 g/mol. The molecule has 0 aliphatic heterocycles. The molecule has 3 N–H and O–H groups in total. The number of aliphatic hydroxyl groups is 1. The molecule has 2 rings (SSSR count). The number of esters is 1. The zero-order valence-corrected chi connectivity index (χ0v) is 18.5. The van der Waals surface area contributed by atoms with E-state index in [0.29, 0.717) is 37.5 Å². The highest BCUT2D eigenvalue weighted by molar-refractivity contribution is 6.30.